The molecule has 1 saturated carbocycles. The van der Waals surface area contributed by atoms with Crippen molar-refractivity contribution in [2.24, 2.45) is 0 Å². The second kappa shape index (κ2) is 7.25. The first kappa shape index (κ1) is 13.9. The minimum Gasteiger partial charge on any atom is -0.385 e. The van der Waals surface area contributed by atoms with E-state index in [0.29, 0.717) is 11.6 Å². The van der Waals surface area contributed by atoms with Gasteiger partial charge in [-0.15, -0.1) is 0 Å². The molecule has 0 amide bonds. The van der Waals surface area contributed by atoms with E-state index in [4.69, 9.17) is 9.47 Å². The third-order valence-electron chi connectivity index (χ3n) is 3.72. The summed E-state index contributed by atoms with van der Waals surface area (Å²) < 4.78 is 10.5. The highest BCUT2D eigenvalue weighted by Gasteiger charge is 2.34. The third kappa shape index (κ3) is 4.04. The molecular formula is C13H27NO2. The van der Waals surface area contributed by atoms with Crippen LogP contribution in [0.15, 0.2) is 0 Å². The van der Waals surface area contributed by atoms with Gasteiger partial charge in [0.25, 0.3) is 0 Å². The molecule has 1 unspecified atom stereocenters. The molecule has 3 heteroatoms. The van der Waals surface area contributed by atoms with Crippen molar-refractivity contribution in [3.8, 4) is 0 Å². The highest BCUT2D eigenvalue weighted by molar-refractivity contribution is 4.94. The Labute approximate surface area is 99.9 Å². The van der Waals surface area contributed by atoms with Crippen LogP contribution in [-0.2, 0) is 9.47 Å². The van der Waals surface area contributed by atoms with E-state index in [1.54, 1.807) is 14.2 Å². The summed E-state index contributed by atoms with van der Waals surface area (Å²) in [6.07, 6.45) is 7.53. The fraction of sp³-hybridized carbons (Fsp3) is 1.00. The Bertz CT molecular complexity index is 179. The lowest BCUT2D eigenvalue weighted by atomic mass is 9.92. The van der Waals surface area contributed by atoms with Crippen molar-refractivity contribution >= 4 is 0 Å². The van der Waals surface area contributed by atoms with Crippen molar-refractivity contribution in [2.75, 3.05) is 27.4 Å². The highest BCUT2D eigenvalue weighted by Crippen LogP contribution is 2.33. The number of hydrogen-bond acceptors (Lipinski definition) is 3. The van der Waals surface area contributed by atoms with Crippen LogP contribution >= 0.6 is 0 Å². The molecule has 1 fully saturated rings. The van der Waals surface area contributed by atoms with Gasteiger partial charge >= 0.3 is 0 Å². The Hall–Kier alpha value is -0.120. The fourth-order valence-corrected chi connectivity index (χ4v) is 2.71. The van der Waals surface area contributed by atoms with Crippen LogP contribution in [-0.4, -0.2) is 39.0 Å². The summed E-state index contributed by atoms with van der Waals surface area (Å²) >= 11 is 0. The van der Waals surface area contributed by atoms with Gasteiger partial charge in [0.05, 0.1) is 6.61 Å². The Morgan fingerprint density at radius 3 is 2.38 bits per heavy atom. The SMILES string of the molecule is CCC(COC)NC1(CCOC)CCCC1. The van der Waals surface area contributed by atoms with Gasteiger partial charge in [0.2, 0.25) is 0 Å². The summed E-state index contributed by atoms with van der Waals surface area (Å²) in [6.45, 7) is 3.89. The Morgan fingerprint density at radius 1 is 1.19 bits per heavy atom. The molecule has 0 heterocycles. The van der Waals surface area contributed by atoms with Gasteiger partial charge in [0.1, 0.15) is 0 Å². The molecule has 16 heavy (non-hydrogen) atoms. The van der Waals surface area contributed by atoms with Gasteiger partial charge in [-0.25, -0.2) is 0 Å². The van der Waals surface area contributed by atoms with E-state index in [2.05, 4.69) is 12.2 Å². The molecule has 0 aromatic heterocycles. The summed E-state index contributed by atoms with van der Waals surface area (Å²) in [5.74, 6) is 0. The van der Waals surface area contributed by atoms with E-state index in [1.165, 1.54) is 25.7 Å². The molecule has 1 aliphatic carbocycles. The van der Waals surface area contributed by atoms with Crippen LogP contribution in [0.5, 0.6) is 0 Å². The predicted molar refractivity (Wildman–Crippen MR) is 66.8 cm³/mol. The molecule has 1 atom stereocenters. The van der Waals surface area contributed by atoms with Crippen LogP contribution in [0.3, 0.4) is 0 Å². The zero-order valence-corrected chi connectivity index (χ0v) is 11.1. The van der Waals surface area contributed by atoms with E-state index in [0.717, 1.165) is 26.1 Å². The number of hydrogen-bond donors (Lipinski definition) is 1. The average molecular weight is 229 g/mol. The second-order valence-electron chi connectivity index (χ2n) is 4.94. The zero-order chi connectivity index (χ0) is 11.9. The molecule has 1 rings (SSSR count). The first-order valence-electron chi connectivity index (χ1n) is 6.52. The largest absolute Gasteiger partial charge is 0.385 e. The fourth-order valence-electron chi connectivity index (χ4n) is 2.71. The molecular weight excluding hydrogens is 202 g/mol. The lowest BCUT2D eigenvalue weighted by Crippen LogP contribution is -2.50. The van der Waals surface area contributed by atoms with Gasteiger partial charge < -0.3 is 14.8 Å². The van der Waals surface area contributed by atoms with Crippen molar-refractivity contribution in [1.29, 1.82) is 0 Å². The van der Waals surface area contributed by atoms with Crippen LogP contribution in [0.1, 0.15) is 45.4 Å². The van der Waals surface area contributed by atoms with E-state index in [1.807, 2.05) is 0 Å². The summed E-state index contributed by atoms with van der Waals surface area (Å²) in [6, 6.07) is 0.486. The van der Waals surface area contributed by atoms with Crippen molar-refractivity contribution in [1.82, 2.24) is 5.32 Å². The molecule has 0 aromatic carbocycles. The van der Waals surface area contributed by atoms with Gasteiger partial charge in [0.15, 0.2) is 0 Å². The second-order valence-corrected chi connectivity index (χ2v) is 4.94. The van der Waals surface area contributed by atoms with Crippen molar-refractivity contribution in [2.45, 2.75) is 57.0 Å². The predicted octanol–water partition coefficient (Wildman–Crippen LogP) is 2.35. The molecule has 1 N–H and O–H groups in total. The van der Waals surface area contributed by atoms with E-state index < -0.39 is 0 Å². The molecule has 0 bridgehead atoms. The normalized spacial score (nSPS) is 21.2. The lowest BCUT2D eigenvalue weighted by molar-refractivity contribution is 0.116. The van der Waals surface area contributed by atoms with Crippen molar-refractivity contribution < 1.29 is 9.47 Å². The van der Waals surface area contributed by atoms with E-state index in [-0.39, 0.29) is 0 Å². The maximum atomic E-state index is 5.26. The maximum absolute atomic E-state index is 5.26. The number of rotatable bonds is 8. The van der Waals surface area contributed by atoms with Gasteiger partial charge in [-0.05, 0) is 25.7 Å². The summed E-state index contributed by atoms with van der Waals surface area (Å²) in [5.41, 5.74) is 0.315. The van der Waals surface area contributed by atoms with Crippen molar-refractivity contribution in [3.05, 3.63) is 0 Å². The Balaban J connectivity index is 2.48. The zero-order valence-electron chi connectivity index (χ0n) is 11.1. The van der Waals surface area contributed by atoms with Gasteiger partial charge in [-0.3, -0.25) is 0 Å². The van der Waals surface area contributed by atoms with Crippen molar-refractivity contribution in [3.63, 3.8) is 0 Å². The molecule has 0 radical (unpaired) electrons. The van der Waals surface area contributed by atoms with Crippen LogP contribution in [0.4, 0.5) is 0 Å². The molecule has 0 aromatic rings. The third-order valence-corrected chi connectivity index (χ3v) is 3.72. The summed E-state index contributed by atoms with van der Waals surface area (Å²) in [7, 11) is 3.57. The molecule has 1 aliphatic rings. The lowest BCUT2D eigenvalue weighted by Gasteiger charge is -2.34. The Kier molecular flexibility index (Phi) is 6.32. The van der Waals surface area contributed by atoms with Crippen LogP contribution in [0.2, 0.25) is 0 Å². The van der Waals surface area contributed by atoms with Crippen LogP contribution in [0.25, 0.3) is 0 Å². The molecule has 3 nitrogen and oxygen atoms in total. The van der Waals surface area contributed by atoms with Gasteiger partial charge in [-0.2, -0.15) is 0 Å². The van der Waals surface area contributed by atoms with E-state index in [9.17, 15) is 0 Å². The standard InChI is InChI=1S/C13H27NO2/c1-4-12(11-16-3)14-13(9-10-15-2)7-5-6-8-13/h12,14H,4-11H2,1-3H3. The van der Waals surface area contributed by atoms with E-state index >= 15 is 0 Å². The summed E-state index contributed by atoms with van der Waals surface area (Å²) in [4.78, 5) is 0. The smallest absolute Gasteiger partial charge is 0.0615 e. The minimum atomic E-state index is 0.315. The topological polar surface area (TPSA) is 30.5 Å². The quantitative estimate of drug-likeness (QED) is 0.693. The number of methoxy groups -OCH3 is 2. The molecule has 0 saturated heterocycles. The molecule has 0 spiro atoms. The molecule has 0 aliphatic heterocycles. The van der Waals surface area contributed by atoms with Gasteiger partial charge in [-0.1, -0.05) is 19.8 Å². The van der Waals surface area contributed by atoms with Crippen LogP contribution in [0, 0.1) is 0 Å². The highest BCUT2D eigenvalue weighted by atomic mass is 16.5. The Morgan fingerprint density at radius 2 is 1.88 bits per heavy atom. The maximum Gasteiger partial charge on any atom is 0.0615 e. The average Bonchev–Trinajstić information content (AvgIpc) is 2.75. The number of nitrogens with one attached hydrogen (secondary N) is 1. The first-order valence-corrected chi connectivity index (χ1v) is 6.52. The molecule has 96 valence electrons. The number of ether oxygens (including phenoxy) is 2. The summed E-state index contributed by atoms with van der Waals surface area (Å²) in [5, 5.41) is 3.81. The minimum absolute atomic E-state index is 0.315. The van der Waals surface area contributed by atoms with Crippen LogP contribution < -0.4 is 5.32 Å². The van der Waals surface area contributed by atoms with Gasteiger partial charge in [0, 0.05) is 32.4 Å². The first-order chi connectivity index (χ1) is 7.76. The monoisotopic (exact) mass is 229 g/mol.